The lowest BCUT2D eigenvalue weighted by atomic mass is 9.90. The van der Waals surface area contributed by atoms with E-state index in [0.29, 0.717) is 12.1 Å². The fraction of sp³-hybridized carbons (Fsp3) is 0.172. The van der Waals surface area contributed by atoms with Crippen LogP contribution < -0.4 is 16.2 Å². The molecular weight excluding hydrogens is 453 g/mol. The van der Waals surface area contributed by atoms with Crippen LogP contribution in [-0.4, -0.2) is 28.4 Å². The van der Waals surface area contributed by atoms with Gasteiger partial charge in [0.15, 0.2) is 0 Å². The number of H-pyrrole nitrogens is 2. The Labute approximate surface area is 206 Å². The highest BCUT2D eigenvalue weighted by Crippen LogP contribution is 2.35. The molecule has 0 amide bonds. The maximum Gasteiger partial charge on any atom is 0.253 e. The first kappa shape index (κ1) is 21.1. The lowest BCUT2D eigenvalue weighted by molar-refractivity contribution is 0.502. The van der Waals surface area contributed by atoms with Crippen molar-refractivity contribution in [1.82, 2.24) is 20.6 Å². The summed E-state index contributed by atoms with van der Waals surface area (Å²) >= 11 is 0. The first-order chi connectivity index (χ1) is 17.6. The Morgan fingerprint density at radius 1 is 0.889 bits per heavy atom. The summed E-state index contributed by atoms with van der Waals surface area (Å²) in [5.41, 5.74) is 5.62. The number of hydrogen-bond donors (Lipinski definition) is 4. The molecule has 2 aliphatic rings. The molecule has 0 radical (unpaired) electrons. The van der Waals surface area contributed by atoms with E-state index in [0.717, 1.165) is 45.3 Å². The third kappa shape index (κ3) is 3.43. The van der Waals surface area contributed by atoms with Crippen molar-refractivity contribution >= 4 is 27.6 Å². The van der Waals surface area contributed by atoms with Gasteiger partial charge in [0.05, 0.1) is 18.1 Å². The van der Waals surface area contributed by atoms with Gasteiger partial charge >= 0.3 is 0 Å². The Hall–Kier alpha value is -4.23. The first-order valence-electron chi connectivity index (χ1n) is 12.2. The third-order valence-electron chi connectivity index (χ3n) is 7.36. The lowest BCUT2D eigenvalue weighted by Crippen LogP contribution is -2.49. The fourth-order valence-corrected chi connectivity index (χ4v) is 5.59. The molecular formula is C29H24FN5O. The second kappa shape index (κ2) is 8.17. The van der Waals surface area contributed by atoms with Gasteiger partial charge in [-0.25, -0.2) is 4.39 Å². The minimum Gasteiger partial charge on any atom is -0.370 e. The van der Waals surface area contributed by atoms with Crippen molar-refractivity contribution in [3.63, 3.8) is 0 Å². The molecule has 0 saturated heterocycles. The Kier molecular flexibility index (Phi) is 4.79. The number of aromatic amines is 2. The van der Waals surface area contributed by atoms with Crippen LogP contribution in [0.2, 0.25) is 0 Å². The highest BCUT2D eigenvalue weighted by molar-refractivity contribution is 5.92. The van der Waals surface area contributed by atoms with E-state index >= 15 is 0 Å². The van der Waals surface area contributed by atoms with Crippen molar-refractivity contribution in [2.24, 2.45) is 4.99 Å². The second-order valence-corrected chi connectivity index (χ2v) is 9.52. The maximum atomic E-state index is 13.4. The molecule has 2 aliphatic heterocycles. The monoisotopic (exact) mass is 477 g/mol. The van der Waals surface area contributed by atoms with Gasteiger partial charge in [-0.2, -0.15) is 0 Å². The standard InChI is InChI=1S/C29H24FN5O/c30-18-11-9-16(10-12-18)25-15-31-28(34-25)24-14-20-19-6-2-4-8-23(19)32-26(20)27(33-24)21-13-17-5-1-3-7-22(17)35-29(21)36/h1-13,24-25,27,32-33H,14-15H2,(H,31,34)(H,35,36)/t24-,25?,27?/m1/s1. The highest BCUT2D eigenvalue weighted by atomic mass is 19.1. The molecule has 0 fully saturated rings. The van der Waals surface area contributed by atoms with Crippen molar-refractivity contribution in [3.8, 4) is 0 Å². The number of nitrogens with one attached hydrogen (secondary N) is 4. The van der Waals surface area contributed by atoms with Crippen molar-refractivity contribution in [3.05, 3.63) is 117 Å². The number of rotatable bonds is 3. The second-order valence-electron chi connectivity index (χ2n) is 9.52. The number of fused-ring (bicyclic) bond motifs is 4. The quantitative estimate of drug-likeness (QED) is 0.309. The van der Waals surface area contributed by atoms with E-state index in [9.17, 15) is 9.18 Å². The summed E-state index contributed by atoms with van der Waals surface area (Å²) in [7, 11) is 0. The van der Waals surface area contributed by atoms with Gasteiger partial charge in [0.2, 0.25) is 0 Å². The average Bonchev–Trinajstić information content (AvgIpc) is 3.54. The molecule has 2 unspecified atom stereocenters. The minimum absolute atomic E-state index is 0.0747. The van der Waals surface area contributed by atoms with Crippen LogP contribution in [0.3, 0.4) is 0 Å². The van der Waals surface area contributed by atoms with E-state index in [2.05, 4.69) is 32.7 Å². The van der Waals surface area contributed by atoms with Crippen LogP contribution in [0.4, 0.5) is 4.39 Å². The largest absolute Gasteiger partial charge is 0.370 e. The molecule has 0 aliphatic carbocycles. The average molecular weight is 478 g/mol. The zero-order chi connectivity index (χ0) is 24.2. The van der Waals surface area contributed by atoms with Gasteiger partial charge in [-0.1, -0.05) is 48.5 Å². The molecule has 0 spiro atoms. The maximum absolute atomic E-state index is 13.4. The molecule has 6 nitrogen and oxygen atoms in total. The number of amidine groups is 1. The van der Waals surface area contributed by atoms with Crippen molar-refractivity contribution in [2.75, 3.05) is 6.54 Å². The van der Waals surface area contributed by atoms with E-state index in [1.807, 2.05) is 42.5 Å². The number of hydrogen-bond acceptors (Lipinski definition) is 4. The molecule has 36 heavy (non-hydrogen) atoms. The summed E-state index contributed by atoms with van der Waals surface area (Å²) in [5, 5.41) is 9.33. The van der Waals surface area contributed by atoms with Gasteiger partial charge in [0, 0.05) is 34.2 Å². The Morgan fingerprint density at radius 3 is 2.53 bits per heavy atom. The van der Waals surface area contributed by atoms with Crippen molar-refractivity contribution in [2.45, 2.75) is 24.5 Å². The molecule has 7 rings (SSSR count). The summed E-state index contributed by atoms with van der Waals surface area (Å²) in [4.78, 5) is 24.9. The van der Waals surface area contributed by atoms with E-state index in [4.69, 9.17) is 4.99 Å². The van der Waals surface area contributed by atoms with Crippen LogP contribution in [0, 0.1) is 5.82 Å². The van der Waals surface area contributed by atoms with E-state index in [-0.39, 0.29) is 29.5 Å². The fourth-order valence-electron chi connectivity index (χ4n) is 5.59. The topological polar surface area (TPSA) is 85.1 Å². The van der Waals surface area contributed by atoms with Crippen LogP contribution in [0.1, 0.15) is 34.5 Å². The third-order valence-corrected chi connectivity index (χ3v) is 7.36. The number of aromatic nitrogens is 2. The van der Waals surface area contributed by atoms with Gasteiger partial charge in [-0.15, -0.1) is 0 Å². The van der Waals surface area contributed by atoms with Gasteiger partial charge in [0.25, 0.3) is 5.56 Å². The normalized spacial score (nSPS) is 21.4. The van der Waals surface area contributed by atoms with Gasteiger partial charge < -0.3 is 15.3 Å². The van der Waals surface area contributed by atoms with Crippen LogP contribution in [0.5, 0.6) is 0 Å². The summed E-state index contributed by atoms with van der Waals surface area (Å²) in [6.07, 6.45) is 0.739. The molecule has 3 aromatic carbocycles. The summed E-state index contributed by atoms with van der Waals surface area (Å²) in [5.74, 6) is 0.612. The number of benzene rings is 3. The summed E-state index contributed by atoms with van der Waals surface area (Å²) < 4.78 is 13.4. The molecule has 4 N–H and O–H groups in total. The zero-order valence-corrected chi connectivity index (χ0v) is 19.4. The molecule has 178 valence electrons. The minimum atomic E-state index is -0.325. The number of aliphatic imine (C=N–C) groups is 1. The zero-order valence-electron chi connectivity index (χ0n) is 19.4. The lowest BCUT2D eigenvalue weighted by Gasteiger charge is -2.31. The molecule has 7 heteroatoms. The molecule has 0 saturated carbocycles. The first-order valence-corrected chi connectivity index (χ1v) is 12.2. The predicted octanol–water partition coefficient (Wildman–Crippen LogP) is 4.50. The number of nitrogens with zero attached hydrogens (tertiary/aromatic N) is 1. The predicted molar refractivity (Wildman–Crippen MR) is 140 cm³/mol. The van der Waals surface area contributed by atoms with Crippen LogP contribution in [0.15, 0.2) is 88.6 Å². The number of halogens is 1. The van der Waals surface area contributed by atoms with Crippen molar-refractivity contribution in [1.29, 1.82) is 0 Å². The molecule has 4 heterocycles. The van der Waals surface area contributed by atoms with Gasteiger partial charge in [-0.05, 0) is 53.3 Å². The number of pyridine rings is 1. The molecule has 5 aromatic rings. The van der Waals surface area contributed by atoms with E-state index < -0.39 is 0 Å². The van der Waals surface area contributed by atoms with Crippen LogP contribution in [-0.2, 0) is 6.42 Å². The Balaban J connectivity index is 1.33. The summed E-state index contributed by atoms with van der Waals surface area (Å²) in [6, 6.07) is 24.1. The van der Waals surface area contributed by atoms with Gasteiger partial charge in [0.1, 0.15) is 11.7 Å². The molecule has 0 bridgehead atoms. The van der Waals surface area contributed by atoms with Gasteiger partial charge in [-0.3, -0.25) is 15.1 Å². The SMILES string of the molecule is O=c1[nH]c2ccccc2cc1C1N[C@@H](C2=NC(c3ccc(F)cc3)CN2)Cc2c1[nH]c1ccccc21. The highest BCUT2D eigenvalue weighted by Gasteiger charge is 2.36. The Bertz CT molecular complexity index is 1700. The summed E-state index contributed by atoms with van der Waals surface area (Å²) in [6.45, 7) is 0.654. The van der Waals surface area contributed by atoms with Crippen molar-refractivity contribution < 1.29 is 4.39 Å². The molecule has 2 aromatic heterocycles. The molecule has 3 atom stereocenters. The van der Waals surface area contributed by atoms with E-state index in [1.165, 1.54) is 17.7 Å². The number of para-hydroxylation sites is 2. The van der Waals surface area contributed by atoms with Crippen LogP contribution in [0.25, 0.3) is 21.8 Å². The van der Waals surface area contributed by atoms with E-state index in [1.54, 1.807) is 12.1 Å². The Morgan fingerprint density at radius 2 is 1.67 bits per heavy atom. The van der Waals surface area contributed by atoms with Crippen LogP contribution >= 0.6 is 0 Å². The smallest absolute Gasteiger partial charge is 0.253 e.